The molecule has 1 aliphatic heterocycles. The van der Waals surface area contributed by atoms with Crippen molar-refractivity contribution in [1.29, 1.82) is 0 Å². The van der Waals surface area contributed by atoms with E-state index < -0.39 is 10.0 Å². The zero-order valence-corrected chi connectivity index (χ0v) is 18.4. The number of carbonyl (C=O) groups is 2. The molecule has 0 aromatic heterocycles. The standard InChI is InChI=1S/C22H31N3O4S/c1-2-16-3-7-18(8-4-16)25(19-9-10-19)22(27)17-5-11-20(12-6-17)30(28,29)24-14-13-23-21(26)15-24/h5-6,11-12,16,18-19H,2-4,7-10,13-15H2,1H3,(H,23,26). The largest absolute Gasteiger partial charge is 0.354 e. The van der Waals surface area contributed by atoms with Gasteiger partial charge in [0, 0.05) is 30.7 Å². The smallest absolute Gasteiger partial charge is 0.254 e. The van der Waals surface area contributed by atoms with Crippen molar-refractivity contribution >= 4 is 21.8 Å². The van der Waals surface area contributed by atoms with Crippen LogP contribution >= 0.6 is 0 Å². The molecule has 7 nitrogen and oxygen atoms in total. The number of nitrogens with one attached hydrogen (secondary N) is 1. The molecular formula is C22H31N3O4S. The number of nitrogens with zero attached hydrogens (tertiary/aromatic N) is 2. The third-order valence-corrected chi connectivity index (χ3v) is 8.56. The summed E-state index contributed by atoms with van der Waals surface area (Å²) in [5.41, 5.74) is 0.537. The maximum absolute atomic E-state index is 13.3. The summed E-state index contributed by atoms with van der Waals surface area (Å²) in [4.78, 5) is 27.1. The molecule has 8 heteroatoms. The summed E-state index contributed by atoms with van der Waals surface area (Å²) in [5.74, 6) is 0.493. The van der Waals surface area contributed by atoms with E-state index in [-0.39, 0.29) is 29.8 Å². The van der Waals surface area contributed by atoms with Crippen molar-refractivity contribution in [3.05, 3.63) is 29.8 Å². The lowest BCUT2D eigenvalue weighted by atomic mass is 9.83. The molecule has 1 heterocycles. The first-order chi connectivity index (χ1) is 14.4. The molecule has 1 aromatic rings. The second kappa shape index (κ2) is 8.67. The second-order valence-corrected chi connectivity index (χ2v) is 10.7. The molecule has 1 aromatic carbocycles. The zero-order valence-electron chi connectivity index (χ0n) is 17.5. The minimum absolute atomic E-state index is 0.0127. The molecule has 164 valence electrons. The van der Waals surface area contributed by atoms with Crippen LogP contribution in [0.15, 0.2) is 29.2 Å². The van der Waals surface area contributed by atoms with E-state index in [0.29, 0.717) is 24.2 Å². The molecule has 0 unspecified atom stereocenters. The molecule has 0 spiro atoms. The van der Waals surface area contributed by atoms with Crippen molar-refractivity contribution in [2.24, 2.45) is 5.92 Å². The molecule has 3 fully saturated rings. The topological polar surface area (TPSA) is 86.8 Å². The Morgan fingerprint density at radius 2 is 1.67 bits per heavy atom. The number of carbonyl (C=O) groups excluding carboxylic acids is 2. The van der Waals surface area contributed by atoms with Crippen LogP contribution in [0, 0.1) is 5.92 Å². The van der Waals surface area contributed by atoms with E-state index in [4.69, 9.17) is 0 Å². The van der Waals surface area contributed by atoms with Crippen LogP contribution in [-0.4, -0.2) is 61.2 Å². The molecule has 2 saturated carbocycles. The van der Waals surface area contributed by atoms with Crippen LogP contribution in [-0.2, 0) is 14.8 Å². The SMILES string of the molecule is CCC1CCC(N(C(=O)c2ccc(S(=O)(=O)N3CCNC(=O)C3)cc2)C2CC2)CC1. The van der Waals surface area contributed by atoms with E-state index in [9.17, 15) is 18.0 Å². The summed E-state index contributed by atoms with van der Waals surface area (Å²) in [5, 5.41) is 2.63. The zero-order chi connectivity index (χ0) is 21.3. The summed E-state index contributed by atoms with van der Waals surface area (Å²) >= 11 is 0. The van der Waals surface area contributed by atoms with E-state index in [1.165, 1.54) is 35.7 Å². The highest BCUT2D eigenvalue weighted by Gasteiger charge is 2.39. The fourth-order valence-electron chi connectivity index (χ4n) is 4.70. The van der Waals surface area contributed by atoms with Crippen LogP contribution in [0.4, 0.5) is 0 Å². The lowest BCUT2D eigenvalue weighted by Crippen LogP contribution is -2.49. The van der Waals surface area contributed by atoms with Gasteiger partial charge in [0.25, 0.3) is 5.91 Å². The van der Waals surface area contributed by atoms with Crippen molar-refractivity contribution in [1.82, 2.24) is 14.5 Å². The van der Waals surface area contributed by atoms with Crippen molar-refractivity contribution in [3.8, 4) is 0 Å². The highest BCUT2D eigenvalue weighted by Crippen LogP contribution is 2.37. The lowest BCUT2D eigenvalue weighted by Gasteiger charge is -2.37. The Labute approximate surface area is 178 Å². The molecular weight excluding hydrogens is 402 g/mol. The Bertz CT molecular complexity index is 887. The first-order valence-electron chi connectivity index (χ1n) is 11.1. The van der Waals surface area contributed by atoms with Crippen LogP contribution in [0.5, 0.6) is 0 Å². The summed E-state index contributed by atoms with van der Waals surface area (Å²) in [7, 11) is -3.74. The van der Waals surface area contributed by atoms with Crippen molar-refractivity contribution in [2.75, 3.05) is 19.6 Å². The third kappa shape index (κ3) is 4.39. The van der Waals surface area contributed by atoms with Crippen LogP contribution < -0.4 is 5.32 Å². The number of hydrogen-bond donors (Lipinski definition) is 1. The molecule has 0 bridgehead atoms. The Balaban J connectivity index is 1.48. The summed E-state index contributed by atoms with van der Waals surface area (Å²) in [6, 6.07) is 6.85. The Morgan fingerprint density at radius 1 is 1.07 bits per heavy atom. The molecule has 3 aliphatic rings. The molecule has 30 heavy (non-hydrogen) atoms. The predicted molar refractivity (Wildman–Crippen MR) is 113 cm³/mol. The lowest BCUT2D eigenvalue weighted by molar-refractivity contribution is -0.122. The fraction of sp³-hybridized carbons (Fsp3) is 0.636. The van der Waals surface area contributed by atoms with Crippen LogP contribution in [0.3, 0.4) is 0 Å². The number of piperazine rings is 1. The van der Waals surface area contributed by atoms with Gasteiger partial charge in [0.15, 0.2) is 0 Å². The molecule has 1 saturated heterocycles. The van der Waals surface area contributed by atoms with Gasteiger partial charge < -0.3 is 10.2 Å². The minimum atomic E-state index is -3.74. The van der Waals surface area contributed by atoms with Crippen LogP contribution in [0.1, 0.15) is 62.2 Å². The first kappa shape index (κ1) is 21.3. The minimum Gasteiger partial charge on any atom is -0.354 e. The van der Waals surface area contributed by atoms with Gasteiger partial charge in [-0.05, 0) is 68.7 Å². The highest BCUT2D eigenvalue weighted by atomic mass is 32.2. The van der Waals surface area contributed by atoms with Gasteiger partial charge in [0.1, 0.15) is 0 Å². The molecule has 2 amide bonds. The van der Waals surface area contributed by atoms with Gasteiger partial charge in [-0.15, -0.1) is 0 Å². The number of sulfonamides is 1. The van der Waals surface area contributed by atoms with Crippen molar-refractivity contribution in [2.45, 2.75) is 68.8 Å². The molecule has 1 N–H and O–H groups in total. The molecule has 0 atom stereocenters. The molecule has 2 aliphatic carbocycles. The number of hydrogen-bond acceptors (Lipinski definition) is 4. The molecule has 4 rings (SSSR count). The summed E-state index contributed by atoms with van der Waals surface area (Å²) in [6.45, 7) is 2.63. The maximum atomic E-state index is 13.3. The van der Waals surface area contributed by atoms with Gasteiger partial charge in [-0.3, -0.25) is 9.59 Å². The van der Waals surface area contributed by atoms with Gasteiger partial charge in [-0.25, -0.2) is 8.42 Å². The first-order valence-corrected chi connectivity index (χ1v) is 12.5. The summed E-state index contributed by atoms with van der Waals surface area (Å²) < 4.78 is 26.8. The normalized spacial score (nSPS) is 25.6. The van der Waals surface area contributed by atoms with E-state index in [2.05, 4.69) is 17.1 Å². The average molecular weight is 434 g/mol. The van der Waals surface area contributed by atoms with Crippen LogP contribution in [0.25, 0.3) is 0 Å². The average Bonchev–Trinajstić information content (AvgIpc) is 3.59. The van der Waals surface area contributed by atoms with Crippen LogP contribution in [0.2, 0.25) is 0 Å². The Morgan fingerprint density at radius 3 is 2.20 bits per heavy atom. The predicted octanol–water partition coefficient (Wildman–Crippen LogP) is 2.38. The number of rotatable bonds is 6. The molecule has 0 radical (unpaired) electrons. The monoisotopic (exact) mass is 433 g/mol. The highest BCUT2D eigenvalue weighted by molar-refractivity contribution is 7.89. The van der Waals surface area contributed by atoms with Gasteiger partial charge in [-0.1, -0.05) is 13.3 Å². The van der Waals surface area contributed by atoms with E-state index in [1.54, 1.807) is 12.1 Å². The number of amides is 2. The Hall–Kier alpha value is -1.93. The summed E-state index contributed by atoms with van der Waals surface area (Å²) in [6.07, 6.45) is 7.80. The van der Waals surface area contributed by atoms with Gasteiger partial charge in [-0.2, -0.15) is 4.31 Å². The van der Waals surface area contributed by atoms with E-state index >= 15 is 0 Å². The van der Waals surface area contributed by atoms with Gasteiger partial charge in [0.2, 0.25) is 15.9 Å². The second-order valence-electron chi connectivity index (χ2n) is 8.74. The van der Waals surface area contributed by atoms with Crippen molar-refractivity contribution < 1.29 is 18.0 Å². The van der Waals surface area contributed by atoms with Crippen molar-refractivity contribution in [3.63, 3.8) is 0 Å². The quantitative estimate of drug-likeness (QED) is 0.746. The van der Waals surface area contributed by atoms with Gasteiger partial charge in [0.05, 0.1) is 11.4 Å². The Kier molecular flexibility index (Phi) is 6.16. The van der Waals surface area contributed by atoms with E-state index in [0.717, 1.165) is 31.6 Å². The van der Waals surface area contributed by atoms with Gasteiger partial charge >= 0.3 is 0 Å². The van der Waals surface area contributed by atoms with E-state index in [1.807, 2.05) is 0 Å². The third-order valence-electron chi connectivity index (χ3n) is 6.70. The fourth-order valence-corrected chi connectivity index (χ4v) is 6.10. The maximum Gasteiger partial charge on any atom is 0.254 e. The number of benzene rings is 1.